The maximum Gasteiger partial charge on any atom is 0.198 e. The number of pyridine rings is 1. The van der Waals surface area contributed by atoms with Gasteiger partial charge in [0.1, 0.15) is 10.2 Å². The highest BCUT2D eigenvalue weighted by Crippen LogP contribution is 2.61. The molecule has 1 aromatic heterocycles. The first-order valence-corrected chi connectivity index (χ1v) is 7.79. The number of halogens is 1. The van der Waals surface area contributed by atoms with Crippen LogP contribution in [0.1, 0.15) is 33.1 Å². The first-order valence-electron chi connectivity index (χ1n) is 6.99. The van der Waals surface area contributed by atoms with Gasteiger partial charge in [-0.15, -0.1) is 0 Å². The molecule has 0 spiro atoms. The molecule has 1 heterocycles. The number of hydrogen-bond donors (Lipinski definition) is 0. The largest absolute Gasteiger partial charge is 0.619 e. The van der Waals surface area contributed by atoms with E-state index in [2.05, 4.69) is 29.8 Å². The molecule has 0 radical (unpaired) electrons. The van der Waals surface area contributed by atoms with Gasteiger partial charge in [-0.05, 0) is 58.4 Å². The van der Waals surface area contributed by atoms with Crippen LogP contribution in [0.3, 0.4) is 0 Å². The van der Waals surface area contributed by atoms with E-state index in [1.807, 2.05) is 0 Å². The molecule has 0 aromatic carbocycles. The van der Waals surface area contributed by atoms with Gasteiger partial charge in [-0.2, -0.15) is 4.73 Å². The van der Waals surface area contributed by atoms with Crippen LogP contribution < -0.4 is 9.47 Å². The van der Waals surface area contributed by atoms with E-state index in [1.54, 1.807) is 6.07 Å². The smallest absolute Gasteiger partial charge is 0.198 e. The lowest BCUT2D eigenvalue weighted by molar-refractivity contribution is -0.606. The average molecular weight is 326 g/mol. The topological polar surface area (TPSA) is 36.2 Å². The number of ether oxygens (including phenoxy) is 1. The molecule has 4 rings (SSSR count). The summed E-state index contributed by atoms with van der Waals surface area (Å²) in [4.78, 5) is 0. The van der Waals surface area contributed by atoms with E-state index in [-0.39, 0.29) is 0 Å². The predicted molar refractivity (Wildman–Crippen MR) is 76.7 cm³/mol. The van der Waals surface area contributed by atoms with Gasteiger partial charge in [0.05, 0.1) is 6.61 Å². The molecule has 104 valence electrons. The van der Waals surface area contributed by atoms with Crippen molar-refractivity contribution in [3.8, 4) is 5.75 Å². The lowest BCUT2D eigenvalue weighted by Gasteiger charge is -2.60. The van der Waals surface area contributed by atoms with Crippen molar-refractivity contribution in [2.24, 2.45) is 23.2 Å². The minimum Gasteiger partial charge on any atom is -0.619 e. The molecule has 0 amide bonds. The summed E-state index contributed by atoms with van der Waals surface area (Å²) in [6.45, 7) is 5.57. The van der Waals surface area contributed by atoms with E-state index in [0.717, 1.165) is 33.4 Å². The van der Waals surface area contributed by atoms with Crippen LogP contribution in [-0.4, -0.2) is 6.61 Å². The SMILES string of the molecule is CC1(C)[C@H]2CC[C@H](COc3cc[n+]([O-])cc3Br)[C@H]1C2. The Morgan fingerprint density at radius 3 is 2.89 bits per heavy atom. The molecule has 3 nitrogen and oxygen atoms in total. The molecule has 0 aliphatic heterocycles. The van der Waals surface area contributed by atoms with E-state index in [4.69, 9.17) is 4.74 Å². The zero-order chi connectivity index (χ0) is 13.6. The second-order valence-corrected chi connectivity index (χ2v) is 7.38. The number of hydrogen-bond acceptors (Lipinski definition) is 2. The van der Waals surface area contributed by atoms with Crippen LogP contribution in [0.15, 0.2) is 22.9 Å². The van der Waals surface area contributed by atoms with Crippen LogP contribution in [0.2, 0.25) is 0 Å². The van der Waals surface area contributed by atoms with E-state index >= 15 is 0 Å². The summed E-state index contributed by atoms with van der Waals surface area (Å²) in [5, 5.41) is 11.1. The first kappa shape index (κ1) is 13.2. The molecule has 3 aliphatic rings. The van der Waals surface area contributed by atoms with Gasteiger partial charge in [-0.1, -0.05) is 13.8 Å². The van der Waals surface area contributed by atoms with E-state index in [1.165, 1.54) is 31.7 Å². The molecule has 0 N–H and O–H groups in total. The van der Waals surface area contributed by atoms with Gasteiger partial charge in [-0.25, -0.2) is 0 Å². The van der Waals surface area contributed by atoms with Gasteiger partial charge >= 0.3 is 0 Å². The van der Waals surface area contributed by atoms with E-state index in [0.29, 0.717) is 11.3 Å². The van der Waals surface area contributed by atoms with E-state index < -0.39 is 0 Å². The highest BCUT2D eigenvalue weighted by Gasteiger charge is 2.54. The van der Waals surface area contributed by atoms with Crippen molar-refractivity contribution < 1.29 is 9.47 Å². The Balaban J connectivity index is 1.63. The van der Waals surface area contributed by atoms with Gasteiger partial charge in [0.2, 0.25) is 0 Å². The number of rotatable bonds is 3. The third kappa shape index (κ3) is 2.24. The quantitative estimate of drug-likeness (QED) is 0.629. The van der Waals surface area contributed by atoms with Crippen molar-refractivity contribution in [3.63, 3.8) is 0 Å². The highest BCUT2D eigenvalue weighted by atomic mass is 79.9. The summed E-state index contributed by atoms with van der Waals surface area (Å²) in [7, 11) is 0. The van der Waals surface area contributed by atoms with Crippen molar-refractivity contribution in [3.05, 3.63) is 28.1 Å². The monoisotopic (exact) mass is 325 g/mol. The van der Waals surface area contributed by atoms with Crippen LogP contribution in [-0.2, 0) is 0 Å². The van der Waals surface area contributed by atoms with Gasteiger partial charge < -0.3 is 9.94 Å². The van der Waals surface area contributed by atoms with Crippen LogP contribution >= 0.6 is 15.9 Å². The van der Waals surface area contributed by atoms with Gasteiger partial charge in [0.15, 0.2) is 12.4 Å². The predicted octanol–water partition coefficient (Wildman–Crippen LogP) is 3.53. The molecule has 4 heteroatoms. The molecule has 3 saturated carbocycles. The first-order chi connectivity index (χ1) is 8.98. The molecule has 3 atom stereocenters. The minimum atomic E-state index is 0.498. The van der Waals surface area contributed by atoms with Gasteiger partial charge in [0, 0.05) is 6.07 Å². The number of nitrogens with zero attached hydrogens (tertiary/aromatic N) is 1. The highest BCUT2D eigenvalue weighted by molar-refractivity contribution is 9.10. The average Bonchev–Trinajstić information content (AvgIpc) is 2.37. The summed E-state index contributed by atoms with van der Waals surface area (Å²) in [5.41, 5.74) is 0.498. The Kier molecular flexibility index (Phi) is 3.24. The third-order valence-electron chi connectivity index (χ3n) is 5.30. The van der Waals surface area contributed by atoms with Crippen LogP contribution in [0, 0.1) is 28.4 Å². The van der Waals surface area contributed by atoms with Crippen LogP contribution in [0.25, 0.3) is 0 Å². The third-order valence-corrected chi connectivity index (χ3v) is 5.90. The minimum absolute atomic E-state index is 0.498. The zero-order valence-electron chi connectivity index (χ0n) is 11.4. The Bertz CT molecular complexity index is 487. The standard InChI is InChI=1S/C15H20BrNO2/c1-15(2)11-4-3-10(12(15)7-11)9-19-14-5-6-17(18)8-13(14)16/h5-6,8,10-12H,3-4,7,9H2,1-2H3/t10-,11+,12-/m1/s1. The molecule has 19 heavy (non-hydrogen) atoms. The Morgan fingerprint density at radius 2 is 2.26 bits per heavy atom. The van der Waals surface area contributed by atoms with Crippen molar-refractivity contribution >= 4 is 15.9 Å². The molecule has 3 fully saturated rings. The lowest BCUT2D eigenvalue weighted by atomic mass is 9.46. The number of aromatic nitrogens is 1. The Morgan fingerprint density at radius 1 is 1.47 bits per heavy atom. The molecule has 1 aromatic rings. The zero-order valence-corrected chi connectivity index (χ0v) is 13.0. The fraction of sp³-hybridized carbons (Fsp3) is 0.667. The Labute approximate surface area is 122 Å². The van der Waals surface area contributed by atoms with Gasteiger partial charge in [-0.3, -0.25) is 0 Å². The molecule has 3 aliphatic carbocycles. The molecule has 0 saturated heterocycles. The fourth-order valence-corrected chi connectivity index (χ4v) is 4.36. The fourth-order valence-electron chi connectivity index (χ4n) is 3.92. The van der Waals surface area contributed by atoms with Crippen molar-refractivity contribution in [2.45, 2.75) is 33.1 Å². The Hall–Kier alpha value is -0.770. The summed E-state index contributed by atoms with van der Waals surface area (Å²) in [6.07, 6.45) is 6.96. The summed E-state index contributed by atoms with van der Waals surface area (Å²) in [6, 6.07) is 1.73. The van der Waals surface area contributed by atoms with Crippen LogP contribution in [0.4, 0.5) is 0 Å². The molecule has 0 unspecified atom stereocenters. The van der Waals surface area contributed by atoms with Crippen molar-refractivity contribution in [2.75, 3.05) is 6.61 Å². The number of fused-ring (bicyclic) bond motifs is 2. The second kappa shape index (κ2) is 4.65. The van der Waals surface area contributed by atoms with Crippen molar-refractivity contribution in [1.82, 2.24) is 0 Å². The second-order valence-electron chi connectivity index (χ2n) is 6.53. The van der Waals surface area contributed by atoms with E-state index in [9.17, 15) is 5.21 Å². The summed E-state index contributed by atoms with van der Waals surface area (Å²) in [5.74, 6) is 3.16. The summed E-state index contributed by atoms with van der Waals surface area (Å²) >= 11 is 3.37. The maximum atomic E-state index is 11.1. The van der Waals surface area contributed by atoms with Crippen molar-refractivity contribution in [1.29, 1.82) is 0 Å². The summed E-state index contributed by atoms with van der Waals surface area (Å²) < 4.78 is 7.42. The normalized spacial score (nSPS) is 31.6. The lowest BCUT2D eigenvalue weighted by Crippen LogP contribution is -2.53. The maximum absolute atomic E-state index is 11.1. The molecule has 2 bridgehead atoms. The van der Waals surface area contributed by atoms with Gasteiger partial charge in [0.25, 0.3) is 0 Å². The molecular formula is C15H20BrNO2. The molecular weight excluding hydrogens is 306 g/mol. The van der Waals surface area contributed by atoms with Crippen LogP contribution in [0.5, 0.6) is 5.75 Å².